The first-order chi connectivity index (χ1) is 19.6. The Morgan fingerprint density at radius 1 is 1.00 bits per heavy atom. The summed E-state index contributed by atoms with van der Waals surface area (Å²) in [5.74, 6) is -3.67. The molecule has 0 bridgehead atoms. The van der Waals surface area contributed by atoms with Crippen LogP contribution in [0.25, 0.3) is 0 Å². The van der Waals surface area contributed by atoms with Gasteiger partial charge in [-0.15, -0.1) is 0 Å². The highest BCUT2D eigenvalue weighted by molar-refractivity contribution is 9.10. The number of thioether (sulfide) groups is 1. The monoisotopic (exact) mass is 667 g/mol. The van der Waals surface area contributed by atoms with Crippen LogP contribution in [0.2, 0.25) is 0 Å². The van der Waals surface area contributed by atoms with Gasteiger partial charge in [0, 0.05) is 28.4 Å². The fourth-order valence-electron chi connectivity index (χ4n) is 5.48. The van der Waals surface area contributed by atoms with Crippen molar-refractivity contribution >= 4 is 62.4 Å². The molecule has 0 saturated carbocycles. The zero-order valence-corrected chi connectivity index (χ0v) is 24.3. The van der Waals surface area contributed by atoms with Crippen molar-refractivity contribution in [2.45, 2.75) is 28.9 Å². The largest absolute Gasteiger partial charge is 0.418 e. The number of imide groups is 1. The Morgan fingerprint density at radius 2 is 1.68 bits per heavy atom. The van der Waals surface area contributed by atoms with Crippen LogP contribution in [0.3, 0.4) is 0 Å². The number of carbonyl (C=O) groups is 3. The third-order valence-electron chi connectivity index (χ3n) is 7.39. The summed E-state index contributed by atoms with van der Waals surface area (Å²) in [4.78, 5) is 56.4. The molecule has 3 aliphatic heterocycles. The van der Waals surface area contributed by atoms with Crippen LogP contribution in [0.4, 0.5) is 18.9 Å². The van der Waals surface area contributed by atoms with Crippen LogP contribution in [-0.4, -0.2) is 58.7 Å². The van der Waals surface area contributed by atoms with Gasteiger partial charge < -0.3 is 9.64 Å². The van der Waals surface area contributed by atoms with Gasteiger partial charge in [-0.2, -0.15) is 13.2 Å². The van der Waals surface area contributed by atoms with Crippen LogP contribution in [0.5, 0.6) is 0 Å². The molecule has 3 amide bonds. The second kappa shape index (κ2) is 10.7. The summed E-state index contributed by atoms with van der Waals surface area (Å²) < 4.78 is 49.1. The molecule has 0 radical (unpaired) electrons. The maximum atomic E-state index is 13.9. The first-order valence-corrected chi connectivity index (χ1v) is 15.1. The van der Waals surface area contributed by atoms with Gasteiger partial charge in [0.05, 0.1) is 35.4 Å². The van der Waals surface area contributed by atoms with E-state index < -0.39 is 51.2 Å². The summed E-state index contributed by atoms with van der Waals surface area (Å²) >= 11 is 5.23. The molecule has 3 atom stereocenters. The average molecular weight is 669 g/mol. The molecule has 3 aromatic rings. The van der Waals surface area contributed by atoms with E-state index in [-0.39, 0.29) is 12.5 Å². The van der Waals surface area contributed by atoms with Crippen LogP contribution >= 0.6 is 39.0 Å². The van der Waals surface area contributed by atoms with E-state index in [9.17, 15) is 32.3 Å². The fourth-order valence-corrected chi connectivity index (χ4v) is 8.52. The van der Waals surface area contributed by atoms with E-state index in [1.165, 1.54) is 16.7 Å². The summed E-state index contributed by atoms with van der Waals surface area (Å²) in [6, 6.07) is 11.5. The molecule has 3 aliphatic rings. The second-order valence-corrected chi connectivity index (χ2v) is 12.8. The summed E-state index contributed by atoms with van der Waals surface area (Å²) in [6.07, 6.45) is -4.79. The SMILES string of the molecule is O=C(Cn1c2c(sc1=O)C(c1ccc(Br)cc1)C1C(=O)N(c3ccccc3C(F)(F)F)C(=O)C1S2)N1CCOCC1. The van der Waals surface area contributed by atoms with Crippen molar-refractivity contribution in [2.24, 2.45) is 5.92 Å². The lowest BCUT2D eigenvalue weighted by molar-refractivity contribution is -0.137. The number of fused-ring (bicyclic) bond motifs is 2. The van der Waals surface area contributed by atoms with Crippen molar-refractivity contribution in [3.63, 3.8) is 0 Å². The number of aromatic nitrogens is 1. The lowest BCUT2D eigenvalue weighted by Crippen LogP contribution is -2.43. The molecule has 214 valence electrons. The number of carbonyl (C=O) groups excluding carboxylic acids is 3. The minimum Gasteiger partial charge on any atom is -0.378 e. The number of morpholine rings is 1. The van der Waals surface area contributed by atoms with E-state index in [2.05, 4.69) is 15.9 Å². The molecule has 2 aromatic carbocycles. The Bertz CT molecular complexity index is 1600. The van der Waals surface area contributed by atoms with Crippen LogP contribution in [0, 0.1) is 5.92 Å². The van der Waals surface area contributed by atoms with Crippen molar-refractivity contribution in [1.29, 1.82) is 0 Å². The maximum Gasteiger partial charge on any atom is 0.418 e. The summed E-state index contributed by atoms with van der Waals surface area (Å²) in [7, 11) is 0. The van der Waals surface area contributed by atoms with E-state index in [1.807, 2.05) is 0 Å². The third kappa shape index (κ3) is 4.94. The van der Waals surface area contributed by atoms with Gasteiger partial charge in [-0.1, -0.05) is 63.3 Å². The number of amides is 3. The van der Waals surface area contributed by atoms with E-state index in [0.29, 0.717) is 46.7 Å². The lowest BCUT2D eigenvalue weighted by Gasteiger charge is -2.31. The van der Waals surface area contributed by atoms with Crippen LogP contribution in [-0.2, 0) is 31.8 Å². The van der Waals surface area contributed by atoms with Crippen molar-refractivity contribution in [2.75, 3.05) is 31.2 Å². The molecule has 2 fully saturated rings. The quantitative estimate of drug-likeness (QED) is 0.385. The number of ether oxygens (including phenoxy) is 1. The highest BCUT2D eigenvalue weighted by Crippen LogP contribution is 2.54. The van der Waals surface area contributed by atoms with Gasteiger partial charge in [0.2, 0.25) is 17.7 Å². The normalized spacial score (nSPS) is 22.6. The first-order valence-electron chi connectivity index (χ1n) is 12.6. The summed E-state index contributed by atoms with van der Waals surface area (Å²) in [5.41, 5.74) is -0.985. The topological polar surface area (TPSA) is 88.9 Å². The summed E-state index contributed by atoms with van der Waals surface area (Å²) in [5, 5.41) is -0.716. The number of para-hydroxylation sites is 1. The minimum atomic E-state index is -4.79. The average Bonchev–Trinajstić information content (AvgIpc) is 3.39. The standard InChI is InChI=1S/C27H21BrF3N3O5S2/c28-15-7-5-14(6-8-15)19-20-21(24(37)34(23(20)36)17-4-2-1-3-16(17)27(29,30)31)40-25-22(19)41-26(38)33(25)13-18(35)32-9-11-39-12-10-32/h1-8,19-21H,9-13H2. The predicted molar refractivity (Wildman–Crippen MR) is 149 cm³/mol. The molecule has 2 saturated heterocycles. The zero-order valence-electron chi connectivity index (χ0n) is 21.1. The van der Waals surface area contributed by atoms with Crippen LogP contribution < -0.4 is 9.77 Å². The number of thiazole rings is 1. The number of hydrogen-bond donors (Lipinski definition) is 0. The highest BCUT2D eigenvalue weighted by atomic mass is 79.9. The molecule has 8 nitrogen and oxygen atoms in total. The Morgan fingerprint density at radius 3 is 2.37 bits per heavy atom. The Hall–Kier alpha value is -2.94. The van der Waals surface area contributed by atoms with Crippen molar-refractivity contribution in [1.82, 2.24) is 9.47 Å². The van der Waals surface area contributed by atoms with Crippen molar-refractivity contribution < 1.29 is 32.3 Å². The van der Waals surface area contributed by atoms with E-state index in [4.69, 9.17) is 4.74 Å². The van der Waals surface area contributed by atoms with Crippen LogP contribution in [0.15, 0.2) is 62.8 Å². The highest BCUT2D eigenvalue weighted by Gasteiger charge is 2.57. The first kappa shape index (κ1) is 28.2. The number of anilines is 1. The van der Waals surface area contributed by atoms with Gasteiger partial charge in [-0.3, -0.25) is 23.7 Å². The molecule has 6 rings (SSSR count). The molecule has 3 unspecified atom stereocenters. The predicted octanol–water partition coefficient (Wildman–Crippen LogP) is 4.35. The molecule has 4 heterocycles. The molecular formula is C27H21BrF3N3O5S2. The number of halogens is 4. The van der Waals surface area contributed by atoms with Crippen molar-refractivity contribution in [3.8, 4) is 0 Å². The molecule has 41 heavy (non-hydrogen) atoms. The Kier molecular flexibility index (Phi) is 7.37. The van der Waals surface area contributed by atoms with Gasteiger partial charge in [0.1, 0.15) is 11.8 Å². The third-order valence-corrected chi connectivity index (χ3v) is 10.5. The Balaban J connectivity index is 1.45. The zero-order chi connectivity index (χ0) is 29.1. The van der Waals surface area contributed by atoms with E-state index >= 15 is 0 Å². The van der Waals surface area contributed by atoms with E-state index in [1.54, 1.807) is 29.2 Å². The lowest BCUT2D eigenvalue weighted by atomic mass is 9.83. The van der Waals surface area contributed by atoms with Gasteiger partial charge in [-0.05, 0) is 29.8 Å². The molecule has 0 aliphatic carbocycles. The fraction of sp³-hybridized carbons (Fsp3) is 0.333. The molecule has 1 aromatic heterocycles. The van der Waals surface area contributed by atoms with Gasteiger partial charge in [-0.25, -0.2) is 4.90 Å². The molecule has 0 N–H and O–H groups in total. The van der Waals surface area contributed by atoms with Crippen molar-refractivity contribution in [3.05, 3.63) is 78.7 Å². The Labute approximate surface area is 248 Å². The number of rotatable bonds is 4. The molecular weight excluding hydrogens is 647 g/mol. The van der Waals surface area contributed by atoms with E-state index in [0.717, 1.165) is 39.7 Å². The van der Waals surface area contributed by atoms with Gasteiger partial charge in [0.15, 0.2) is 0 Å². The number of hydrogen-bond acceptors (Lipinski definition) is 7. The minimum absolute atomic E-state index is 0.259. The number of benzene rings is 2. The summed E-state index contributed by atoms with van der Waals surface area (Å²) in [6.45, 7) is 1.29. The smallest absolute Gasteiger partial charge is 0.378 e. The maximum absolute atomic E-state index is 13.9. The number of alkyl halides is 3. The molecule has 0 spiro atoms. The molecule has 14 heteroatoms. The number of nitrogens with zero attached hydrogens (tertiary/aromatic N) is 3. The van der Waals surface area contributed by atoms with Gasteiger partial charge >= 0.3 is 11.0 Å². The second-order valence-electron chi connectivity index (χ2n) is 9.74. The van der Waals surface area contributed by atoms with Crippen LogP contribution in [0.1, 0.15) is 21.9 Å². The van der Waals surface area contributed by atoms with Gasteiger partial charge in [0.25, 0.3) is 0 Å².